The lowest BCUT2D eigenvalue weighted by atomic mass is 9.95. The van der Waals surface area contributed by atoms with Crippen molar-refractivity contribution in [3.8, 4) is 55.6 Å². The molecule has 0 atom stereocenters. The average Bonchev–Trinajstić information content (AvgIpc) is 3.70. The molecule has 10 aromatic rings. The first-order valence-corrected chi connectivity index (χ1v) is 16.9. The minimum Gasteiger partial charge on any atom is -0.308 e. The second-order valence-electron chi connectivity index (χ2n) is 13.0. The van der Waals surface area contributed by atoms with Crippen LogP contribution in [0.2, 0.25) is 0 Å². The van der Waals surface area contributed by atoms with Crippen molar-refractivity contribution in [3.05, 3.63) is 188 Å². The molecule has 2 aromatic heterocycles. The summed E-state index contributed by atoms with van der Waals surface area (Å²) in [6.45, 7) is 0. The van der Waals surface area contributed by atoms with E-state index in [0.29, 0.717) is 0 Å². The Morgan fingerprint density at radius 1 is 0.224 bits per heavy atom. The fraction of sp³-hybridized carbons (Fsp3) is 0. The number of hydrogen-bond donors (Lipinski definition) is 0. The van der Waals surface area contributed by atoms with E-state index in [9.17, 15) is 0 Å². The van der Waals surface area contributed by atoms with Crippen LogP contribution in [0.15, 0.2) is 188 Å². The van der Waals surface area contributed by atoms with Crippen LogP contribution in [-0.2, 0) is 0 Å². The summed E-state index contributed by atoms with van der Waals surface area (Å²) in [5, 5.41) is 5.15. The Hall–Kier alpha value is -6.44. The summed E-state index contributed by atoms with van der Waals surface area (Å²) in [6.07, 6.45) is 0. The largest absolute Gasteiger partial charge is 0.308 e. The Labute approximate surface area is 285 Å². The molecule has 8 aromatic carbocycles. The van der Waals surface area contributed by atoms with Crippen LogP contribution >= 0.6 is 0 Å². The van der Waals surface area contributed by atoms with Gasteiger partial charge in [-0.2, -0.15) is 0 Å². The van der Waals surface area contributed by atoms with E-state index in [4.69, 9.17) is 0 Å². The first-order valence-electron chi connectivity index (χ1n) is 16.9. The lowest BCUT2D eigenvalue weighted by Crippen LogP contribution is -1.85. The molecule has 0 aliphatic carbocycles. The van der Waals surface area contributed by atoms with Crippen LogP contribution in [0, 0.1) is 0 Å². The lowest BCUT2D eigenvalue weighted by Gasteiger charge is -2.09. The standard InChI is InChI=1S/C48H31N/c1-4-12-32(13-5-1)35-18-10-19-36(26-35)37-20-11-21-38(27-37)40-23-25-47-43(29-40)45-31-41(34-16-8-3-9-17-34)30-44-42-28-39(33-14-6-2-7-15-33)22-24-46(42)49(47)48(44)45/h1-31H. The van der Waals surface area contributed by atoms with Gasteiger partial charge in [-0.05, 0) is 104 Å². The molecule has 0 saturated carbocycles. The smallest absolute Gasteiger partial charge is 0.0620 e. The summed E-state index contributed by atoms with van der Waals surface area (Å²) in [5.41, 5.74) is 16.1. The zero-order valence-corrected chi connectivity index (χ0v) is 26.8. The molecule has 0 fully saturated rings. The minimum atomic E-state index is 1.22. The third-order valence-electron chi connectivity index (χ3n) is 10.1. The van der Waals surface area contributed by atoms with Gasteiger partial charge in [0, 0.05) is 21.5 Å². The molecule has 1 heteroatoms. The second kappa shape index (κ2) is 11.1. The van der Waals surface area contributed by atoms with Gasteiger partial charge in [-0.25, -0.2) is 0 Å². The zero-order valence-electron chi connectivity index (χ0n) is 26.8. The number of aromatic nitrogens is 1. The first kappa shape index (κ1) is 27.7. The van der Waals surface area contributed by atoms with Crippen LogP contribution in [0.25, 0.3) is 93.7 Å². The molecular formula is C48H31N. The highest BCUT2D eigenvalue weighted by Crippen LogP contribution is 2.44. The van der Waals surface area contributed by atoms with Gasteiger partial charge in [0.1, 0.15) is 0 Å². The summed E-state index contributed by atoms with van der Waals surface area (Å²) in [7, 11) is 0. The summed E-state index contributed by atoms with van der Waals surface area (Å²) in [4.78, 5) is 0. The lowest BCUT2D eigenvalue weighted by molar-refractivity contribution is 1.37. The summed E-state index contributed by atoms with van der Waals surface area (Å²) in [5.74, 6) is 0. The summed E-state index contributed by atoms with van der Waals surface area (Å²) in [6, 6.07) is 68.6. The van der Waals surface area contributed by atoms with Gasteiger partial charge in [-0.3, -0.25) is 0 Å². The maximum atomic E-state index is 2.48. The molecule has 0 radical (unpaired) electrons. The van der Waals surface area contributed by atoms with Gasteiger partial charge < -0.3 is 4.40 Å². The maximum absolute atomic E-state index is 2.48. The van der Waals surface area contributed by atoms with E-state index in [2.05, 4.69) is 192 Å². The number of nitrogens with zero attached hydrogens (tertiary/aromatic N) is 1. The molecule has 0 N–H and O–H groups in total. The Balaban J connectivity index is 1.16. The Morgan fingerprint density at radius 3 is 1.00 bits per heavy atom. The zero-order chi connectivity index (χ0) is 32.3. The van der Waals surface area contributed by atoms with Crippen molar-refractivity contribution in [3.63, 3.8) is 0 Å². The van der Waals surface area contributed by atoms with Crippen molar-refractivity contribution in [2.75, 3.05) is 0 Å². The molecule has 0 amide bonds. The predicted octanol–water partition coefficient (Wildman–Crippen LogP) is 13.2. The molecule has 49 heavy (non-hydrogen) atoms. The first-order chi connectivity index (χ1) is 24.3. The predicted molar refractivity (Wildman–Crippen MR) is 208 cm³/mol. The highest BCUT2D eigenvalue weighted by Gasteiger charge is 2.20. The number of rotatable bonds is 5. The minimum absolute atomic E-state index is 1.22. The third kappa shape index (κ3) is 4.55. The van der Waals surface area contributed by atoms with Gasteiger partial charge in [0.05, 0.1) is 16.6 Å². The van der Waals surface area contributed by atoms with Gasteiger partial charge >= 0.3 is 0 Å². The van der Waals surface area contributed by atoms with Crippen molar-refractivity contribution < 1.29 is 0 Å². The number of benzene rings is 8. The van der Waals surface area contributed by atoms with E-state index in [0.717, 1.165) is 0 Å². The fourth-order valence-electron chi connectivity index (χ4n) is 7.72. The van der Waals surface area contributed by atoms with Crippen molar-refractivity contribution in [2.24, 2.45) is 0 Å². The molecule has 0 spiro atoms. The fourth-order valence-corrected chi connectivity index (χ4v) is 7.72. The molecule has 1 nitrogen and oxygen atoms in total. The van der Waals surface area contributed by atoms with Gasteiger partial charge in [-0.15, -0.1) is 0 Å². The monoisotopic (exact) mass is 621 g/mol. The SMILES string of the molecule is c1ccc(-c2cccc(-c3cccc(-c4ccc5c(c4)c4cc(-c6ccccc6)cc6c7cc(-c8ccccc8)ccc7n5c64)c3)c2)cc1. The molecular weight excluding hydrogens is 591 g/mol. The normalized spacial score (nSPS) is 11.7. The average molecular weight is 622 g/mol. The van der Waals surface area contributed by atoms with Crippen LogP contribution in [-0.4, -0.2) is 4.40 Å². The molecule has 0 unspecified atom stereocenters. The van der Waals surface area contributed by atoms with Crippen LogP contribution in [0.5, 0.6) is 0 Å². The van der Waals surface area contributed by atoms with Gasteiger partial charge in [-0.1, -0.05) is 140 Å². The van der Waals surface area contributed by atoms with Crippen molar-refractivity contribution >= 4 is 38.1 Å². The van der Waals surface area contributed by atoms with E-state index >= 15 is 0 Å². The van der Waals surface area contributed by atoms with Crippen molar-refractivity contribution in [1.29, 1.82) is 0 Å². The maximum Gasteiger partial charge on any atom is 0.0620 e. The molecule has 0 saturated heterocycles. The Kier molecular flexibility index (Phi) is 6.25. The molecule has 0 aliphatic rings. The number of hydrogen-bond acceptors (Lipinski definition) is 0. The third-order valence-corrected chi connectivity index (χ3v) is 10.1. The van der Waals surface area contributed by atoms with Crippen LogP contribution < -0.4 is 0 Å². The van der Waals surface area contributed by atoms with Crippen molar-refractivity contribution in [2.45, 2.75) is 0 Å². The summed E-state index contributed by atoms with van der Waals surface area (Å²) >= 11 is 0. The molecule has 2 heterocycles. The van der Waals surface area contributed by atoms with E-state index < -0.39 is 0 Å². The quantitative estimate of drug-likeness (QED) is 0.180. The molecule has 228 valence electrons. The van der Waals surface area contributed by atoms with Crippen molar-refractivity contribution in [1.82, 2.24) is 4.40 Å². The van der Waals surface area contributed by atoms with E-state index in [1.165, 1.54) is 93.7 Å². The van der Waals surface area contributed by atoms with E-state index in [-0.39, 0.29) is 0 Å². The van der Waals surface area contributed by atoms with Gasteiger partial charge in [0.2, 0.25) is 0 Å². The van der Waals surface area contributed by atoms with Crippen LogP contribution in [0.4, 0.5) is 0 Å². The summed E-state index contributed by atoms with van der Waals surface area (Å²) < 4.78 is 2.48. The Bertz CT molecular complexity index is 2790. The highest BCUT2D eigenvalue weighted by atomic mass is 14.9. The van der Waals surface area contributed by atoms with E-state index in [1.54, 1.807) is 0 Å². The van der Waals surface area contributed by atoms with Crippen LogP contribution in [0.1, 0.15) is 0 Å². The van der Waals surface area contributed by atoms with E-state index in [1.807, 2.05) is 0 Å². The second-order valence-corrected chi connectivity index (χ2v) is 13.0. The number of fused-ring (bicyclic) bond motifs is 6. The topological polar surface area (TPSA) is 4.41 Å². The molecule has 10 rings (SSSR count). The molecule has 0 aliphatic heterocycles. The Morgan fingerprint density at radius 2 is 0.551 bits per heavy atom. The van der Waals surface area contributed by atoms with Gasteiger partial charge in [0.15, 0.2) is 0 Å². The highest BCUT2D eigenvalue weighted by molar-refractivity contribution is 6.25. The molecule has 0 bridgehead atoms. The van der Waals surface area contributed by atoms with Crippen LogP contribution in [0.3, 0.4) is 0 Å². The van der Waals surface area contributed by atoms with Gasteiger partial charge in [0.25, 0.3) is 0 Å².